The quantitative estimate of drug-likeness (QED) is 0.582. The van der Waals surface area contributed by atoms with Crippen LogP contribution in [0.4, 0.5) is 11.4 Å². The Bertz CT molecular complexity index is 554. The third kappa shape index (κ3) is 4.57. The number of nitrogens with zero attached hydrogens (tertiary/aromatic N) is 4. The predicted molar refractivity (Wildman–Crippen MR) is 76.1 cm³/mol. The molecule has 21 heavy (non-hydrogen) atoms. The van der Waals surface area contributed by atoms with Gasteiger partial charge >= 0.3 is 0 Å². The molecule has 7 heteroatoms. The lowest BCUT2D eigenvalue weighted by Gasteiger charge is -1.97. The molecular formula is C14H14N4O3. The molecule has 0 aliphatic carbocycles. The van der Waals surface area contributed by atoms with E-state index in [1.807, 2.05) is 0 Å². The van der Waals surface area contributed by atoms with Gasteiger partial charge in [-0.2, -0.15) is 0 Å². The molecule has 2 aromatic rings. The van der Waals surface area contributed by atoms with Crippen molar-refractivity contribution in [2.45, 2.75) is 0 Å². The van der Waals surface area contributed by atoms with Crippen LogP contribution in [0.25, 0.3) is 0 Å². The summed E-state index contributed by atoms with van der Waals surface area (Å²) in [5, 5.41) is 14.5. The van der Waals surface area contributed by atoms with Crippen molar-refractivity contribution in [2.24, 2.45) is 20.8 Å². The molecule has 0 amide bonds. The van der Waals surface area contributed by atoms with Gasteiger partial charge < -0.3 is 9.47 Å². The van der Waals surface area contributed by atoms with Crippen molar-refractivity contribution in [1.82, 2.24) is 0 Å². The van der Waals surface area contributed by atoms with Crippen LogP contribution >= 0.6 is 0 Å². The summed E-state index contributed by atoms with van der Waals surface area (Å²) in [6.07, 6.45) is 0. The van der Waals surface area contributed by atoms with Crippen LogP contribution in [0.1, 0.15) is 0 Å². The Morgan fingerprint density at radius 1 is 0.619 bits per heavy atom. The molecule has 7 nitrogen and oxygen atoms in total. The van der Waals surface area contributed by atoms with Crippen molar-refractivity contribution >= 4 is 11.4 Å². The van der Waals surface area contributed by atoms with Gasteiger partial charge in [0.2, 0.25) is 0 Å². The number of benzene rings is 2. The van der Waals surface area contributed by atoms with Gasteiger partial charge in [0.25, 0.3) is 0 Å². The molecule has 0 atom stereocenters. The molecule has 0 radical (unpaired) electrons. The highest BCUT2D eigenvalue weighted by Gasteiger charge is 1.93. The summed E-state index contributed by atoms with van der Waals surface area (Å²) >= 11 is 0. The molecule has 2 aromatic carbocycles. The standard InChI is InChI=1S/C14H14N4O3/c1-19-13-7-3-11(4-8-13)15-17-21-18-16-12-5-9-14(20-2)10-6-12/h3-10H,1-2H3. The van der Waals surface area contributed by atoms with Crippen molar-refractivity contribution < 1.29 is 14.4 Å². The van der Waals surface area contributed by atoms with Crippen LogP contribution in [0.3, 0.4) is 0 Å². The minimum Gasteiger partial charge on any atom is -0.497 e. The Labute approximate surface area is 121 Å². The zero-order valence-electron chi connectivity index (χ0n) is 11.6. The average Bonchev–Trinajstić information content (AvgIpc) is 2.55. The lowest BCUT2D eigenvalue weighted by molar-refractivity contribution is 0.117. The van der Waals surface area contributed by atoms with E-state index in [4.69, 9.17) is 9.47 Å². The van der Waals surface area contributed by atoms with E-state index in [1.165, 1.54) is 0 Å². The van der Waals surface area contributed by atoms with Crippen molar-refractivity contribution in [3.05, 3.63) is 48.5 Å². The first-order chi connectivity index (χ1) is 10.3. The zero-order chi connectivity index (χ0) is 14.9. The van der Waals surface area contributed by atoms with E-state index in [0.717, 1.165) is 11.5 Å². The van der Waals surface area contributed by atoms with Crippen molar-refractivity contribution in [3.8, 4) is 11.5 Å². The Morgan fingerprint density at radius 3 is 1.33 bits per heavy atom. The van der Waals surface area contributed by atoms with Gasteiger partial charge in [-0.05, 0) is 48.5 Å². The van der Waals surface area contributed by atoms with Crippen LogP contribution in [-0.4, -0.2) is 14.2 Å². The molecule has 0 heterocycles. The average molecular weight is 286 g/mol. The maximum Gasteiger partial charge on any atom is 0.119 e. The second kappa shape index (κ2) is 7.59. The minimum atomic E-state index is 0.621. The maximum absolute atomic E-state index is 5.03. The van der Waals surface area contributed by atoms with E-state index in [1.54, 1.807) is 62.8 Å². The SMILES string of the molecule is COc1ccc(N=NON=Nc2ccc(OC)cc2)cc1. The fourth-order valence-corrected chi connectivity index (χ4v) is 1.44. The first kappa shape index (κ1) is 14.4. The van der Waals surface area contributed by atoms with Crippen LogP contribution in [0.2, 0.25) is 0 Å². The van der Waals surface area contributed by atoms with Gasteiger partial charge in [0.15, 0.2) is 0 Å². The van der Waals surface area contributed by atoms with Gasteiger partial charge in [-0.1, -0.05) is 0 Å². The number of hydrogen-bond acceptors (Lipinski definition) is 7. The molecule has 0 aromatic heterocycles. The Morgan fingerprint density at radius 2 is 1.00 bits per heavy atom. The van der Waals surface area contributed by atoms with Gasteiger partial charge in [-0.3, -0.25) is 0 Å². The maximum atomic E-state index is 5.03. The molecule has 0 fully saturated rings. The molecule has 0 unspecified atom stereocenters. The monoisotopic (exact) mass is 286 g/mol. The number of rotatable bonds is 6. The largest absolute Gasteiger partial charge is 0.497 e. The first-order valence-electron chi connectivity index (χ1n) is 6.08. The number of hydrogen-bond donors (Lipinski definition) is 0. The van der Waals surface area contributed by atoms with E-state index < -0.39 is 0 Å². The van der Waals surface area contributed by atoms with E-state index in [0.29, 0.717) is 11.4 Å². The van der Waals surface area contributed by atoms with Crippen molar-refractivity contribution in [1.29, 1.82) is 0 Å². The minimum absolute atomic E-state index is 0.621. The molecule has 0 saturated carbocycles. The van der Waals surface area contributed by atoms with E-state index in [9.17, 15) is 0 Å². The highest BCUT2D eigenvalue weighted by Crippen LogP contribution is 2.19. The van der Waals surface area contributed by atoms with Gasteiger partial charge in [0.1, 0.15) is 11.5 Å². The molecule has 0 aliphatic heterocycles. The van der Waals surface area contributed by atoms with E-state index in [2.05, 4.69) is 25.7 Å². The smallest absolute Gasteiger partial charge is 0.119 e. The molecule has 108 valence electrons. The van der Waals surface area contributed by atoms with Crippen LogP contribution in [-0.2, 0) is 4.94 Å². The van der Waals surface area contributed by atoms with Crippen LogP contribution in [0, 0.1) is 0 Å². The third-order valence-corrected chi connectivity index (χ3v) is 2.53. The normalized spacial score (nSPS) is 11.0. The first-order valence-corrected chi connectivity index (χ1v) is 6.08. The fourth-order valence-electron chi connectivity index (χ4n) is 1.44. The third-order valence-electron chi connectivity index (χ3n) is 2.53. The van der Waals surface area contributed by atoms with Crippen molar-refractivity contribution in [2.75, 3.05) is 14.2 Å². The summed E-state index contributed by atoms with van der Waals surface area (Å²) in [5.74, 6) is 1.49. The highest BCUT2D eigenvalue weighted by molar-refractivity contribution is 5.41. The lowest BCUT2D eigenvalue weighted by Crippen LogP contribution is -1.79. The summed E-state index contributed by atoms with van der Waals surface area (Å²) < 4.78 is 10.1. The predicted octanol–water partition coefficient (Wildman–Crippen LogP) is 4.42. The number of methoxy groups -OCH3 is 2. The highest BCUT2D eigenvalue weighted by atomic mass is 16.8. The van der Waals surface area contributed by atoms with Gasteiger partial charge in [0, 0.05) is 0 Å². The Kier molecular flexibility index (Phi) is 5.22. The summed E-state index contributed by atoms with van der Waals surface area (Å²) in [5.41, 5.74) is 1.24. The summed E-state index contributed by atoms with van der Waals surface area (Å²) in [6, 6.07) is 14.1. The van der Waals surface area contributed by atoms with Gasteiger partial charge in [-0.15, -0.1) is 10.2 Å². The van der Waals surface area contributed by atoms with E-state index in [-0.39, 0.29) is 0 Å². The van der Waals surface area contributed by atoms with E-state index >= 15 is 0 Å². The van der Waals surface area contributed by atoms with Gasteiger partial charge in [-0.25, -0.2) is 4.94 Å². The topological polar surface area (TPSA) is 77.1 Å². The zero-order valence-corrected chi connectivity index (χ0v) is 11.6. The molecule has 0 N–H and O–H groups in total. The van der Waals surface area contributed by atoms with Crippen LogP contribution < -0.4 is 9.47 Å². The summed E-state index contributed by atoms with van der Waals surface area (Å²) in [7, 11) is 3.19. The Hall–Kier alpha value is -2.96. The second-order valence-corrected chi connectivity index (χ2v) is 3.84. The molecule has 0 spiro atoms. The van der Waals surface area contributed by atoms with Crippen LogP contribution in [0.5, 0.6) is 11.5 Å². The lowest BCUT2D eigenvalue weighted by atomic mass is 10.3. The molecular weight excluding hydrogens is 272 g/mol. The fraction of sp³-hybridized carbons (Fsp3) is 0.143. The van der Waals surface area contributed by atoms with Crippen molar-refractivity contribution in [3.63, 3.8) is 0 Å². The van der Waals surface area contributed by atoms with Gasteiger partial charge in [0.05, 0.1) is 36.1 Å². The molecule has 0 saturated heterocycles. The summed E-state index contributed by atoms with van der Waals surface area (Å²) in [6.45, 7) is 0. The molecule has 2 rings (SSSR count). The molecule has 0 aliphatic rings. The molecule has 0 bridgehead atoms. The Balaban J connectivity index is 1.84. The second-order valence-electron chi connectivity index (χ2n) is 3.84. The van der Waals surface area contributed by atoms with Crippen LogP contribution in [0.15, 0.2) is 69.3 Å². The number of ether oxygens (including phenoxy) is 2. The summed E-state index contributed by atoms with van der Waals surface area (Å²) in [4.78, 5) is 4.61.